The van der Waals surface area contributed by atoms with Crippen molar-refractivity contribution >= 4 is 5.69 Å². The van der Waals surface area contributed by atoms with Gasteiger partial charge in [-0.05, 0) is 50.4 Å². The van der Waals surface area contributed by atoms with Crippen LogP contribution in [0.15, 0.2) is 24.3 Å². The van der Waals surface area contributed by atoms with E-state index in [0.717, 1.165) is 12.5 Å². The van der Waals surface area contributed by atoms with E-state index >= 15 is 0 Å². The molecule has 104 valence electrons. The molecule has 2 aliphatic rings. The van der Waals surface area contributed by atoms with Crippen LogP contribution in [0.3, 0.4) is 0 Å². The highest BCUT2D eigenvalue weighted by atomic mass is 15.3. The van der Waals surface area contributed by atoms with Crippen molar-refractivity contribution in [2.24, 2.45) is 5.73 Å². The van der Waals surface area contributed by atoms with Crippen LogP contribution in [0.2, 0.25) is 0 Å². The first kappa shape index (κ1) is 12.9. The predicted molar refractivity (Wildman–Crippen MR) is 80.6 cm³/mol. The lowest BCUT2D eigenvalue weighted by molar-refractivity contribution is 0.231. The van der Waals surface area contributed by atoms with E-state index in [2.05, 4.69) is 41.0 Å². The third kappa shape index (κ3) is 2.93. The quantitative estimate of drug-likeness (QED) is 0.899. The summed E-state index contributed by atoms with van der Waals surface area (Å²) in [5.41, 5.74) is 8.57. The van der Waals surface area contributed by atoms with Gasteiger partial charge in [-0.25, -0.2) is 0 Å². The Morgan fingerprint density at radius 3 is 2.74 bits per heavy atom. The molecule has 0 aromatic heterocycles. The number of rotatable bonds is 3. The van der Waals surface area contributed by atoms with Crippen LogP contribution in [0.4, 0.5) is 5.69 Å². The van der Waals surface area contributed by atoms with E-state index in [-0.39, 0.29) is 6.04 Å². The minimum atomic E-state index is 0.243. The summed E-state index contributed by atoms with van der Waals surface area (Å²) in [5.74, 6) is 0. The van der Waals surface area contributed by atoms with Crippen LogP contribution in [0, 0.1) is 0 Å². The Hall–Kier alpha value is -1.06. The molecule has 2 N–H and O–H groups in total. The lowest BCUT2D eigenvalue weighted by Gasteiger charge is -2.38. The highest BCUT2D eigenvalue weighted by Crippen LogP contribution is 2.25. The maximum atomic E-state index is 5.85. The summed E-state index contributed by atoms with van der Waals surface area (Å²) in [6.07, 6.45) is 3.72. The summed E-state index contributed by atoms with van der Waals surface area (Å²) in [5, 5.41) is 0. The third-order valence-corrected chi connectivity index (χ3v) is 4.45. The van der Waals surface area contributed by atoms with Crippen molar-refractivity contribution in [2.75, 3.05) is 31.1 Å². The molecule has 2 fully saturated rings. The second-order valence-corrected chi connectivity index (χ2v) is 6.13. The maximum absolute atomic E-state index is 5.85. The lowest BCUT2D eigenvalue weighted by atomic mass is 10.1. The van der Waals surface area contributed by atoms with Crippen molar-refractivity contribution in [1.29, 1.82) is 0 Å². The largest absolute Gasteiger partial charge is 0.369 e. The fourth-order valence-corrected chi connectivity index (χ4v) is 3.44. The van der Waals surface area contributed by atoms with Crippen molar-refractivity contribution in [1.82, 2.24) is 4.90 Å². The molecule has 2 unspecified atom stereocenters. The Balaban J connectivity index is 1.65. The molecule has 0 saturated carbocycles. The smallest absolute Gasteiger partial charge is 0.0367 e. The minimum absolute atomic E-state index is 0.243. The number of piperazine rings is 1. The van der Waals surface area contributed by atoms with Crippen LogP contribution in [-0.4, -0.2) is 43.2 Å². The summed E-state index contributed by atoms with van der Waals surface area (Å²) in [7, 11) is 0. The number of hydrogen-bond donors (Lipinski definition) is 1. The van der Waals surface area contributed by atoms with E-state index in [1.165, 1.54) is 50.3 Å². The van der Waals surface area contributed by atoms with Crippen LogP contribution in [0.1, 0.15) is 25.3 Å². The van der Waals surface area contributed by atoms with Gasteiger partial charge in [-0.2, -0.15) is 0 Å². The maximum Gasteiger partial charge on any atom is 0.0367 e. The summed E-state index contributed by atoms with van der Waals surface area (Å²) in [6.45, 7) is 6.97. The Morgan fingerprint density at radius 2 is 2.00 bits per heavy atom. The summed E-state index contributed by atoms with van der Waals surface area (Å²) in [4.78, 5) is 5.20. The molecule has 0 amide bonds. The molecular weight excluding hydrogens is 234 g/mol. The van der Waals surface area contributed by atoms with Gasteiger partial charge < -0.3 is 10.6 Å². The van der Waals surface area contributed by atoms with Crippen molar-refractivity contribution in [3.05, 3.63) is 29.8 Å². The number of hydrogen-bond acceptors (Lipinski definition) is 3. The summed E-state index contributed by atoms with van der Waals surface area (Å²) >= 11 is 0. The molecule has 2 aliphatic heterocycles. The van der Waals surface area contributed by atoms with Gasteiger partial charge in [0.15, 0.2) is 0 Å². The van der Waals surface area contributed by atoms with Crippen molar-refractivity contribution in [2.45, 2.75) is 38.3 Å². The van der Waals surface area contributed by atoms with Crippen LogP contribution < -0.4 is 10.6 Å². The number of anilines is 1. The van der Waals surface area contributed by atoms with Crippen LogP contribution in [-0.2, 0) is 6.42 Å². The first-order chi connectivity index (χ1) is 9.22. The van der Waals surface area contributed by atoms with E-state index in [1.807, 2.05) is 0 Å². The molecule has 2 atom stereocenters. The fraction of sp³-hybridized carbons (Fsp3) is 0.625. The van der Waals surface area contributed by atoms with E-state index in [4.69, 9.17) is 5.73 Å². The average molecular weight is 259 g/mol. The van der Waals surface area contributed by atoms with Crippen molar-refractivity contribution < 1.29 is 0 Å². The van der Waals surface area contributed by atoms with Crippen LogP contribution in [0.5, 0.6) is 0 Å². The normalized spacial score (nSPS) is 25.4. The standard InChI is InChI=1S/C16H25N3/c1-13(17)11-14-4-6-15(7-5-14)19-10-9-18-8-2-3-16(18)12-19/h4-7,13,16H,2-3,8-12,17H2,1H3. The molecule has 0 spiro atoms. The highest BCUT2D eigenvalue weighted by molar-refractivity contribution is 5.48. The SMILES string of the molecule is CC(N)Cc1ccc(N2CCN3CCCC3C2)cc1. The third-order valence-electron chi connectivity index (χ3n) is 4.45. The number of fused-ring (bicyclic) bond motifs is 1. The Morgan fingerprint density at radius 1 is 1.21 bits per heavy atom. The molecule has 3 rings (SSSR count). The monoisotopic (exact) mass is 259 g/mol. The number of nitrogens with zero attached hydrogens (tertiary/aromatic N) is 2. The topological polar surface area (TPSA) is 32.5 Å². The fourth-order valence-electron chi connectivity index (χ4n) is 3.44. The van der Waals surface area contributed by atoms with Crippen LogP contribution in [0.25, 0.3) is 0 Å². The Labute approximate surface area is 116 Å². The summed E-state index contributed by atoms with van der Waals surface area (Å²) < 4.78 is 0. The second-order valence-electron chi connectivity index (χ2n) is 6.13. The first-order valence-electron chi connectivity index (χ1n) is 7.56. The van der Waals surface area contributed by atoms with Crippen LogP contribution >= 0.6 is 0 Å². The van der Waals surface area contributed by atoms with Gasteiger partial charge in [-0.3, -0.25) is 4.90 Å². The first-order valence-corrected chi connectivity index (χ1v) is 7.56. The van der Waals surface area contributed by atoms with Crippen molar-refractivity contribution in [3.63, 3.8) is 0 Å². The zero-order valence-electron chi connectivity index (χ0n) is 11.9. The van der Waals surface area contributed by atoms with Gasteiger partial charge in [0, 0.05) is 37.4 Å². The van der Waals surface area contributed by atoms with Gasteiger partial charge in [0.05, 0.1) is 0 Å². The van der Waals surface area contributed by atoms with Gasteiger partial charge in [-0.15, -0.1) is 0 Å². The van der Waals surface area contributed by atoms with E-state index < -0.39 is 0 Å². The number of nitrogens with two attached hydrogens (primary N) is 1. The lowest BCUT2D eigenvalue weighted by Crippen LogP contribution is -2.50. The van der Waals surface area contributed by atoms with E-state index in [9.17, 15) is 0 Å². The predicted octanol–water partition coefficient (Wildman–Crippen LogP) is 1.86. The van der Waals surface area contributed by atoms with Crippen molar-refractivity contribution in [3.8, 4) is 0 Å². The average Bonchev–Trinajstić information content (AvgIpc) is 2.86. The molecule has 2 saturated heterocycles. The number of benzene rings is 1. The molecule has 3 nitrogen and oxygen atoms in total. The zero-order chi connectivity index (χ0) is 13.2. The molecule has 0 aliphatic carbocycles. The van der Waals surface area contributed by atoms with Gasteiger partial charge >= 0.3 is 0 Å². The molecule has 3 heteroatoms. The molecular formula is C16H25N3. The van der Waals surface area contributed by atoms with Gasteiger partial charge in [0.1, 0.15) is 0 Å². The Bertz CT molecular complexity index is 413. The Kier molecular flexibility index (Phi) is 3.76. The molecule has 1 aromatic carbocycles. The zero-order valence-corrected chi connectivity index (χ0v) is 11.9. The summed E-state index contributed by atoms with van der Waals surface area (Å²) in [6, 6.07) is 10.0. The van der Waals surface area contributed by atoms with E-state index in [1.54, 1.807) is 0 Å². The van der Waals surface area contributed by atoms with Gasteiger partial charge in [-0.1, -0.05) is 12.1 Å². The van der Waals surface area contributed by atoms with E-state index in [0.29, 0.717) is 0 Å². The second kappa shape index (κ2) is 5.51. The molecule has 19 heavy (non-hydrogen) atoms. The molecule has 0 radical (unpaired) electrons. The molecule has 2 heterocycles. The van der Waals surface area contributed by atoms with Gasteiger partial charge in [0.25, 0.3) is 0 Å². The van der Waals surface area contributed by atoms with Gasteiger partial charge in [0.2, 0.25) is 0 Å². The molecule has 1 aromatic rings. The highest BCUT2D eigenvalue weighted by Gasteiger charge is 2.30. The molecule has 0 bridgehead atoms. The minimum Gasteiger partial charge on any atom is -0.369 e.